The molecule has 21 heavy (non-hydrogen) atoms. The molecule has 2 aromatic heterocycles. The number of sulfonamides is 1. The summed E-state index contributed by atoms with van der Waals surface area (Å²) in [6.07, 6.45) is 1.60. The number of aromatic hydroxyl groups is 1. The van der Waals surface area contributed by atoms with E-state index in [-0.39, 0.29) is 10.8 Å². The van der Waals surface area contributed by atoms with E-state index in [1.54, 1.807) is 30.5 Å². The number of nitrogens with zero attached hydrogens (tertiary/aromatic N) is 2. The van der Waals surface area contributed by atoms with Gasteiger partial charge in [0, 0.05) is 17.8 Å². The Morgan fingerprint density at radius 3 is 2.67 bits per heavy atom. The first-order valence-corrected chi connectivity index (χ1v) is 7.58. The fourth-order valence-electron chi connectivity index (χ4n) is 2.09. The second-order valence-corrected chi connectivity index (χ2v) is 6.03. The summed E-state index contributed by atoms with van der Waals surface area (Å²) in [5.41, 5.74) is 2.39. The number of rotatable bonds is 2. The maximum absolute atomic E-state index is 11.4. The zero-order valence-electron chi connectivity index (χ0n) is 10.8. The van der Waals surface area contributed by atoms with Gasteiger partial charge < -0.3 is 5.11 Å². The van der Waals surface area contributed by atoms with Crippen molar-refractivity contribution >= 4 is 21.1 Å². The average Bonchev–Trinajstić information content (AvgIpc) is 2.46. The largest absolute Gasteiger partial charge is 0.493 e. The number of benzene rings is 1. The van der Waals surface area contributed by atoms with Crippen molar-refractivity contribution in [3.05, 3.63) is 48.7 Å². The van der Waals surface area contributed by atoms with E-state index >= 15 is 0 Å². The molecule has 0 aliphatic heterocycles. The standard InChI is InChI=1S/C14H11N3O3S/c15-21(19,20)10-3-1-2-9(8-10)11-6-7-16-12-4-5-13(18)17-14(11)12/h1-8H,(H,17,18)(H2,15,19,20). The van der Waals surface area contributed by atoms with Crippen molar-refractivity contribution in [3.8, 4) is 17.0 Å². The maximum atomic E-state index is 11.4. The first-order valence-electron chi connectivity index (χ1n) is 6.03. The third-order valence-electron chi connectivity index (χ3n) is 3.04. The van der Waals surface area contributed by atoms with Gasteiger partial charge in [-0.1, -0.05) is 12.1 Å². The highest BCUT2D eigenvalue weighted by atomic mass is 32.2. The summed E-state index contributed by atoms with van der Waals surface area (Å²) in [5.74, 6) is -0.126. The minimum absolute atomic E-state index is 0.0186. The molecule has 0 aliphatic carbocycles. The molecule has 6 nitrogen and oxygen atoms in total. The molecule has 7 heteroatoms. The van der Waals surface area contributed by atoms with Crippen LogP contribution in [0, 0.1) is 0 Å². The smallest absolute Gasteiger partial charge is 0.238 e. The van der Waals surface area contributed by atoms with E-state index in [4.69, 9.17) is 5.14 Å². The van der Waals surface area contributed by atoms with Crippen LogP contribution in [-0.4, -0.2) is 23.5 Å². The van der Waals surface area contributed by atoms with Crippen LogP contribution in [0.25, 0.3) is 22.2 Å². The van der Waals surface area contributed by atoms with Gasteiger partial charge in [-0.05, 0) is 29.8 Å². The van der Waals surface area contributed by atoms with Gasteiger partial charge in [-0.25, -0.2) is 18.5 Å². The van der Waals surface area contributed by atoms with Gasteiger partial charge in [-0.2, -0.15) is 0 Å². The Morgan fingerprint density at radius 1 is 1.10 bits per heavy atom. The van der Waals surface area contributed by atoms with E-state index in [0.29, 0.717) is 22.2 Å². The molecule has 0 saturated heterocycles. The Balaban J connectivity index is 2.28. The third kappa shape index (κ3) is 2.56. The monoisotopic (exact) mass is 301 g/mol. The van der Waals surface area contributed by atoms with E-state index in [2.05, 4.69) is 9.97 Å². The fourth-order valence-corrected chi connectivity index (χ4v) is 2.65. The van der Waals surface area contributed by atoms with Crippen molar-refractivity contribution < 1.29 is 13.5 Å². The Kier molecular flexibility index (Phi) is 3.08. The Bertz CT molecular complexity index is 939. The summed E-state index contributed by atoms with van der Waals surface area (Å²) < 4.78 is 22.9. The van der Waals surface area contributed by atoms with Gasteiger partial charge in [0.05, 0.1) is 10.4 Å². The number of hydrogen-bond donors (Lipinski definition) is 2. The van der Waals surface area contributed by atoms with E-state index in [0.717, 1.165) is 0 Å². The number of pyridine rings is 2. The van der Waals surface area contributed by atoms with Crippen LogP contribution in [0.2, 0.25) is 0 Å². The fraction of sp³-hybridized carbons (Fsp3) is 0. The summed E-state index contributed by atoms with van der Waals surface area (Å²) in [5, 5.41) is 14.7. The van der Waals surface area contributed by atoms with Crippen molar-refractivity contribution in [2.24, 2.45) is 5.14 Å². The second-order valence-electron chi connectivity index (χ2n) is 4.47. The van der Waals surface area contributed by atoms with Crippen LogP contribution >= 0.6 is 0 Å². The molecule has 0 unspecified atom stereocenters. The summed E-state index contributed by atoms with van der Waals surface area (Å²) in [4.78, 5) is 8.24. The van der Waals surface area contributed by atoms with Crippen LogP contribution in [0.4, 0.5) is 0 Å². The zero-order valence-corrected chi connectivity index (χ0v) is 11.6. The summed E-state index contributed by atoms with van der Waals surface area (Å²) in [6.45, 7) is 0. The minimum atomic E-state index is -3.78. The van der Waals surface area contributed by atoms with Crippen LogP contribution in [0.15, 0.2) is 53.6 Å². The summed E-state index contributed by atoms with van der Waals surface area (Å²) >= 11 is 0. The molecule has 0 amide bonds. The van der Waals surface area contributed by atoms with Crippen LogP contribution in [0.1, 0.15) is 0 Å². The second kappa shape index (κ2) is 4.80. The van der Waals surface area contributed by atoms with E-state index in [1.165, 1.54) is 18.2 Å². The molecule has 2 heterocycles. The van der Waals surface area contributed by atoms with Crippen LogP contribution in [-0.2, 0) is 10.0 Å². The number of aromatic nitrogens is 2. The van der Waals surface area contributed by atoms with Gasteiger partial charge >= 0.3 is 0 Å². The minimum Gasteiger partial charge on any atom is -0.493 e. The lowest BCUT2D eigenvalue weighted by atomic mass is 10.1. The molecule has 0 saturated carbocycles. The van der Waals surface area contributed by atoms with Gasteiger partial charge in [0.2, 0.25) is 15.9 Å². The van der Waals surface area contributed by atoms with Gasteiger partial charge in [0.15, 0.2) is 0 Å². The number of primary sulfonamides is 1. The van der Waals surface area contributed by atoms with Crippen molar-refractivity contribution in [3.63, 3.8) is 0 Å². The first kappa shape index (κ1) is 13.5. The molecule has 0 fully saturated rings. The SMILES string of the molecule is NS(=O)(=O)c1cccc(-c2ccnc3ccc(O)nc23)c1. The normalized spacial score (nSPS) is 11.7. The predicted molar refractivity (Wildman–Crippen MR) is 78.0 cm³/mol. The Morgan fingerprint density at radius 2 is 1.90 bits per heavy atom. The number of nitrogens with two attached hydrogens (primary N) is 1. The van der Waals surface area contributed by atoms with Gasteiger partial charge in [-0.15, -0.1) is 0 Å². The number of fused-ring (bicyclic) bond motifs is 1. The third-order valence-corrected chi connectivity index (χ3v) is 3.95. The molecule has 0 radical (unpaired) electrons. The highest BCUT2D eigenvalue weighted by Gasteiger charge is 2.11. The topological polar surface area (TPSA) is 106 Å². The molecule has 3 N–H and O–H groups in total. The van der Waals surface area contributed by atoms with E-state index < -0.39 is 10.0 Å². The Labute approximate surface area is 121 Å². The van der Waals surface area contributed by atoms with Crippen LogP contribution in [0.5, 0.6) is 5.88 Å². The molecule has 3 rings (SSSR count). The van der Waals surface area contributed by atoms with Crippen molar-refractivity contribution in [2.45, 2.75) is 4.90 Å². The molecule has 0 aliphatic rings. The highest BCUT2D eigenvalue weighted by molar-refractivity contribution is 7.89. The molecule has 0 spiro atoms. The van der Waals surface area contributed by atoms with Crippen LogP contribution < -0.4 is 5.14 Å². The lowest BCUT2D eigenvalue weighted by Crippen LogP contribution is -2.11. The van der Waals surface area contributed by atoms with Crippen molar-refractivity contribution in [1.29, 1.82) is 0 Å². The van der Waals surface area contributed by atoms with E-state index in [1.807, 2.05) is 0 Å². The van der Waals surface area contributed by atoms with Crippen molar-refractivity contribution in [2.75, 3.05) is 0 Å². The zero-order chi connectivity index (χ0) is 15.0. The summed E-state index contributed by atoms with van der Waals surface area (Å²) in [7, 11) is -3.78. The maximum Gasteiger partial charge on any atom is 0.238 e. The van der Waals surface area contributed by atoms with Gasteiger partial charge in [-0.3, -0.25) is 4.98 Å². The van der Waals surface area contributed by atoms with Crippen molar-refractivity contribution in [1.82, 2.24) is 9.97 Å². The quantitative estimate of drug-likeness (QED) is 0.748. The molecule has 3 aromatic rings. The lowest BCUT2D eigenvalue weighted by molar-refractivity contribution is 0.456. The molecule has 106 valence electrons. The average molecular weight is 301 g/mol. The highest BCUT2D eigenvalue weighted by Crippen LogP contribution is 2.28. The van der Waals surface area contributed by atoms with Crippen LogP contribution in [0.3, 0.4) is 0 Å². The lowest BCUT2D eigenvalue weighted by Gasteiger charge is -2.07. The summed E-state index contributed by atoms with van der Waals surface area (Å²) in [6, 6.07) is 11.0. The molecular weight excluding hydrogens is 290 g/mol. The molecule has 1 aromatic carbocycles. The van der Waals surface area contributed by atoms with Gasteiger partial charge in [0.1, 0.15) is 5.52 Å². The van der Waals surface area contributed by atoms with Gasteiger partial charge in [0.25, 0.3) is 0 Å². The molecule has 0 bridgehead atoms. The Hall–Kier alpha value is -2.51. The predicted octanol–water partition coefficient (Wildman–Crippen LogP) is 1.65. The first-order chi connectivity index (χ1) is 9.95. The molecular formula is C14H11N3O3S. The van der Waals surface area contributed by atoms with E-state index in [9.17, 15) is 13.5 Å². The number of hydrogen-bond acceptors (Lipinski definition) is 5. The molecule has 0 atom stereocenters.